The summed E-state index contributed by atoms with van der Waals surface area (Å²) in [7, 11) is 1.40. The summed E-state index contributed by atoms with van der Waals surface area (Å²) < 4.78 is 4.86. The summed E-state index contributed by atoms with van der Waals surface area (Å²) in [6.07, 6.45) is -2.42. The van der Waals surface area contributed by atoms with Gasteiger partial charge in [0.15, 0.2) is 0 Å². The topological polar surface area (TPSA) is 96.0 Å². The van der Waals surface area contributed by atoms with Gasteiger partial charge in [-0.15, -0.1) is 0 Å². The molecule has 0 aromatic heterocycles. The van der Waals surface area contributed by atoms with Crippen molar-refractivity contribution in [2.45, 2.75) is 18.3 Å². The first-order valence-corrected chi connectivity index (χ1v) is 4.48. The van der Waals surface area contributed by atoms with E-state index in [1.54, 1.807) is 0 Å². The number of carbonyl (C=O) groups is 1. The highest BCUT2D eigenvalue weighted by molar-refractivity contribution is 5.81. The van der Waals surface area contributed by atoms with Crippen LogP contribution in [0.1, 0.15) is 0 Å². The number of nitrogens with zero attached hydrogens (tertiary/aromatic N) is 1. The second-order valence-electron chi connectivity index (χ2n) is 3.34. The van der Waals surface area contributed by atoms with Crippen molar-refractivity contribution in [3.05, 3.63) is 0 Å². The van der Waals surface area contributed by atoms with E-state index in [4.69, 9.17) is 10.5 Å². The Bertz CT molecular complexity index is 198. The normalized spacial score (nSPS) is 29.3. The Morgan fingerprint density at radius 1 is 1.57 bits per heavy atom. The molecule has 1 fully saturated rings. The lowest BCUT2D eigenvalue weighted by molar-refractivity contribution is -0.140. The minimum absolute atomic E-state index is 0.0953. The van der Waals surface area contributed by atoms with E-state index < -0.39 is 18.3 Å². The molecule has 0 bridgehead atoms. The molecule has 0 aromatic rings. The molecule has 1 aliphatic rings. The summed E-state index contributed by atoms with van der Waals surface area (Å²) in [6.45, 7) is 0.373. The fourth-order valence-corrected chi connectivity index (χ4v) is 1.45. The first kappa shape index (κ1) is 11.4. The molecule has 0 radical (unpaired) electrons. The Hall–Kier alpha value is -0.690. The maximum atomic E-state index is 11.6. The highest BCUT2D eigenvalue weighted by Crippen LogP contribution is 2.11. The minimum atomic E-state index is -0.866. The zero-order chi connectivity index (χ0) is 10.7. The number of hydrogen-bond acceptors (Lipinski definition) is 5. The van der Waals surface area contributed by atoms with E-state index in [1.807, 2.05) is 0 Å². The van der Waals surface area contributed by atoms with Gasteiger partial charge in [0.1, 0.15) is 6.10 Å². The van der Waals surface area contributed by atoms with Crippen molar-refractivity contribution in [1.82, 2.24) is 4.90 Å². The lowest BCUT2D eigenvalue weighted by atomic mass is 10.3. The number of methoxy groups -OCH3 is 1. The van der Waals surface area contributed by atoms with E-state index in [0.717, 1.165) is 0 Å². The van der Waals surface area contributed by atoms with Crippen molar-refractivity contribution in [2.75, 3.05) is 26.7 Å². The number of ether oxygens (including phenoxy) is 1. The maximum absolute atomic E-state index is 11.6. The van der Waals surface area contributed by atoms with Gasteiger partial charge < -0.3 is 25.6 Å². The SMILES string of the molecule is COC(CN)C(=O)N1CC(O)C(O)C1. The summed E-state index contributed by atoms with van der Waals surface area (Å²) in [5.74, 6) is -0.286. The quantitative estimate of drug-likeness (QED) is 0.473. The lowest BCUT2D eigenvalue weighted by Crippen LogP contribution is -2.43. The molecule has 6 heteroatoms. The number of β-amino-alcohol motifs (C(OH)–C–C–N with tert-alkyl or cyclic N) is 2. The summed E-state index contributed by atoms with van der Waals surface area (Å²) in [6, 6.07) is 0. The Labute approximate surface area is 82.3 Å². The summed E-state index contributed by atoms with van der Waals surface area (Å²) >= 11 is 0. The number of nitrogens with two attached hydrogens (primary N) is 1. The summed E-state index contributed by atoms with van der Waals surface area (Å²) in [5.41, 5.74) is 5.32. The van der Waals surface area contributed by atoms with Gasteiger partial charge in [-0.2, -0.15) is 0 Å². The predicted molar refractivity (Wildman–Crippen MR) is 48.4 cm³/mol. The van der Waals surface area contributed by atoms with E-state index in [0.29, 0.717) is 0 Å². The molecule has 1 saturated heterocycles. The second-order valence-corrected chi connectivity index (χ2v) is 3.34. The van der Waals surface area contributed by atoms with Gasteiger partial charge in [0, 0.05) is 26.7 Å². The third-order valence-corrected chi connectivity index (χ3v) is 2.34. The van der Waals surface area contributed by atoms with Crippen molar-refractivity contribution in [2.24, 2.45) is 5.73 Å². The maximum Gasteiger partial charge on any atom is 0.253 e. The number of amides is 1. The van der Waals surface area contributed by atoms with Gasteiger partial charge in [-0.25, -0.2) is 0 Å². The largest absolute Gasteiger partial charge is 0.388 e. The molecule has 0 aliphatic carbocycles. The van der Waals surface area contributed by atoms with Crippen LogP contribution in [-0.2, 0) is 9.53 Å². The van der Waals surface area contributed by atoms with Crippen LogP contribution in [0, 0.1) is 0 Å². The third kappa shape index (κ3) is 2.21. The van der Waals surface area contributed by atoms with Gasteiger partial charge in [-0.05, 0) is 0 Å². The number of likely N-dealkylation sites (tertiary alicyclic amines) is 1. The fourth-order valence-electron chi connectivity index (χ4n) is 1.45. The fraction of sp³-hybridized carbons (Fsp3) is 0.875. The van der Waals surface area contributed by atoms with Gasteiger partial charge in [-0.3, -0.25) is 4.79 Å². The Morgan fingerprint density at radius 2 is 2.07 bits per heavy atom. The van der Waals surface area contributed by atoms with Crippen LogP contribution in [0.4, 0.5) is 0 Å². The first-order valence-electron chi connectivity index (χ1n) is 4.48. The molecule has 14 heavy (non-hydrogen) atoms. The van der Waals surface area contributed by atoms with E-state index in [1.165, 1.54) is 12.0 Å². The van der Waals surface area contributed by atoms with Crippen LogP contribution in [-0.4, -0.2) is 66.1 Å². The molecule has 6 nitrogen and oxygen atoms in total. The Morgan fingerprint density at radius 3 is 2.43 bits per heavy atom. The monoisotopic (exact) mass is 204 g/mol. The minimum Gasteiger partial charge on any atom is -0.388 e. The number of hydrogen-bond donors (Lipinski definition) is 3. The highest BCUT2D eigenvalue weighted by atomic mass is 16.5. The molecule has 3 atom stereocenters. The van der Waals surface area contributed by atoms with Gasteiger partial charge in [0.05, 0.1) is 12.2 Å². The molecule has 1 rings (SSSR count). The van der Waals surface area contributed by atoms with Crippen LogP contribution in [0.15, 0.2) is 0 Å². The van der Waals surface area contributed by atoms with Gasteiger partial charge in [0.2, 0.25) is 0 Å². The Balaban J connectivity index is 2.54. The molecule has 0 saturated carbocycles. The zero-order valence-corrected chi connectivity index (χ0v) is 8.09. The van der Waals surface area contributed by atoms with E-state index >= 15 is 0 Å². The van der Waals surface area contributed by atoms with Crippen LogP contribution in [0.2, 0.25) is 0 Å². The molecule has 1 amide bonds. The average molecular weight is 204 g/mol. The molecule has 1 heterocycles. The standard InChI is InChI=1S/C8H16N2O4/c1-14-7(2-9)8(13)10-3-5(11)6(12)4-10/h5-7,11-12H,2-4,9H2,1H3. The van der Waals surface area contributed by atoms with Crippen molar-refractivity contribution >= 4 is 5.91 Å². The number of carbonyl (C=O) groups excluding carboxylic acids is 1. The molecular formula is C8H16N2O4. The first-order chi connectivity index (χ1) is 6.60. The third-order valence-electron chi connectivity index (χ3n) is 2.34. The van der Waals surface area contributed by atoms with Crippen LogP contribution in [0.5, 0.6) is 0 Å². The van der Waals surface area contributed by atoms with Crippen molar-refractivity contribution in [1.29, 1.82) is 0 Å². The molecule has 82 valence electrons. The second kappa shape index (κ2) is 4.70. The smallest absolute Gasteiger partial charge is 0.253 e. The number of rotatable bonds is 3. The molecular weight excluding hydrogens is 188 g/mol. The summed E-state index contributed by atoms with van der Waals surface area (Å²) in [5, 5.41) is 18.5. The average Bonchev–Trinajstić information content (AvgIpc) is 2.49. The number of aliphatic hydroxyl groups excluding tert-OH is 2. The van der Waals surface area contributed by atoms with Crippen molar-refractivity contribution < 1.29 is 19.7 Å². The molecule has 0 aromatic carbocycles. The van der Waals surface area contributed by atoms with Gasteiger partial charge >= 0.3 is 0 Å². The van der Waals surface area contributed by atoms with Crippen LogP contribution in [0.3, 0.4) is 0 Å². The molecule has 3 unspecified atom stereocenters. The summed E-state index contributed by atoms with van der Waals surface area (Å²) in [4.78, 5) is 13.0. The van der Waals surface area contributed by atoms with E-state index in [2.05, 4.69) is 0 Å². The van der Waals surface area contributed by atoms with Gasteiger partial charge in [-0.1, -0.05) is 0 Å². The molecule has 0 spiro atoms. The van der Waals surface area contributed by atoms with E-state index in [9.17, 15) is 15.0 Å². The molecule has 4 N–H and O–H groups in total. The van der Waals surface area contributed by atoms with Crippen LogP contribution >= 0.6 is 0 Å². The zero-order valence-electron chi connectivity index (χ0n) is 8.09. The lowest BCUT2D eigenvalue weighted by Gasteiger charge is -2.20. The van der Waals surface area contributed by atoms with E-state index in [-0.39, 0.29) is 25.5 Å². The van der Waals surface area contributed by atoms with Crippen LogP contribution in [0.25, 0.3) is 0 Å². The van der Waals surface area contributed by atoms with Crippen molar-refractivity contribution in [3.63, 3.8) is 0 Å². The highest BCUT2D eigenvalue weighted by Gasteiger charge is 2.35. The Kier molecular flexibility index (Phi) is 3.82. The molecule has 1 aliphatic heterocycles. The number of aliphatic hydroxyl groups is 2. The predicted octanol–water partition coefficient (Wildman–Crippen LogP) is -2.48. The van der Waals surface area contributed by atoms with Gasteiger partial charge in [0.25, 0.3) is 5.91 Å². The van der Waals surface area contributed by atoms with Crippen molar-refractivity contribution in [3.8, 4) is 0 Å². The van der Waals surface area contributed by atoms with Crippen LogP contribution < -0.4 is 5.73 Å².